The summed E-state index contributed by atoms with van der Waals surface area (Å²) in [5.41, 5.74) is 0.106. The fraction of sp³-hybridized carbons (Fsp3) is 1.00. The summed E-state index contributed by atoms with van der Waals surface area (Å²) in [6, 6.07) is 0. The Morgan fingerprint density at radius 1 is 0.958 bits per heavy atom. The first-order valence-electron chi connectivity index (χ1n) is 10.8. The van der Waals surface area contributed by atoms with Gasteiger partial charge in [0.2, 0.25) is 0 Å². The molecule has 2 heteroatoms. The van der Waals surface area contributed by atoms with E-state index < -0.39 is 0 Å². The predicted molar refractivity (Wildman–Crippen MR) is 112 cm³/mol. The Bertz CT molecular complexity index is 244. The van der Waals surface area contributed by atoms with Crippen LogP contribution in [-0.4, -0.2) is 31.2 Å². The molecule has 0 aromatic heterocycles. The van der Waals surface area contributed by atoms with Crippen LogP contribution in [-0.2, 0) is 0 Å². The third-order valence-electron chi connectivity index (χ3n) is 5.19. The Hall–Kier alpha value is -0.110. The molecule has 24 heavy (non-hydrogen) atoms. The summed E-state index contributed by atoms with van der Waals surface area (Å²) in [7, 11) is 0. The molecule has 2 atom stereocenters. The molecule has 0 N–H and O–H groups in total. The topological polar surface area (TPSA) is 3.24 Å². The van der Waals surface area contributed by atoms with E-state index in [0.717, 1.165) is 26.1 Å². The molecule has 0 amide bonds. The van der Waals surface area contributed by atoms with Gasteiger partial charge in [-0.05, 0) is 37.8 Å². The van der Waals surface area contributed by atoms with Crippen LogP contribution in [0.4, 0.5) is 4.39 Å². The van der Waals surface area contributed by atoms with Gasteiger partial charge in [-0.1, -0.05) is 88.5 Å². The van der Waals surface area contributed by atoms with Crippen LogP contribution in [0.25, 0.3) is 0 Å². The molecule has 1 nitrogen and oxygen atoms in total. The maximum Gasteiger partial charge on any atom is 0.0965 e. The van der Waals surface area contributed by atoms with Crippen molar-refractivity contribution in [1.29, 1.82) is 0 Å². The molecular weight excluding hydrogens is 297 g/mol. The number of rotatable bonds is 6. The van der Waals surface area contributed by atoms with Gasteiger partial charge < -0.3 is 4.90 Å². The molecule has 1 fully saturated rings. The van der Waals surface area contributed by atoms with Crippen LogP contribution in [0.2, 0.25) is 0 Å². The zero-order valence-corrected chi connectivity index (χ0v) is 18.9. The Morgan fingerprint density at radius 3 is 1.79 bits per heavy atom. The summed E-state index contributed by atoms with van der Waals surface area (Å²) in [5, 5.41) is 0. The summed E-state index contributed by atoms with van der Waals surface area (Å²) in [5.74, 6) is 0. The minimum absolute atomic E-state index is 0.134. The molecule has 2 unspecified atom stereocenters. The van der Waals surface area contributed by atoms with Crippen LogP contribution in [0.15, 0.2) is 0 Å². The van der Waals surface area contributed by atoms with Crippen molar-refractivity contribution in [2.75, 3.05) is 26.3 Å². The highest BCUT2D eigenvalue weighted by Gasteiger charge is 2.49. The molecule has 0 aromatic carbocycles. The van der Waals surface area contributed by atoms with E-state index in [4.69, 9.17) is 0 Å². The van der Waals surface area contributed by atoms with Crippen LogP contribution in [0, 0.1) is 10.8 Å². The highest BCUT2D eigenvalue weighted by Crippen LogP contribution is 2.52. The molecule has 0 bridgehead atoms. The predicted octanol–water partition coefficient (Wildman–Crippen LogP) is 7.74. The second-order valence-electron chi connectivity index (χ2n) is 6.76. The number of alkyl halides is 1. The van der Waals surface area contributed by atoms with Crippen molar-refractivity contribution >= 4 is 0 Å². The van der Waals surface area contributed by atoms with E-state index in [2.05, 4.69) is 46.4 Å². The first-order valence-corrected chi connectivity index (χ1v) is 10.8. The van der Waals surface area contributed by atoms with Crippen molar-refractivity contribution < 1.29 is 4.39 Å². The lowest BCUT2D eigenvalue weighted by atomic mass is 9.57. The van der Waals surface area contributed by atoms with E-state index in [1.807, 2.05) is 27.7 Å². The second kappa shape index (κ2) is 17.7. The maximum atomic E-state index is 13.7. The number of nitrogens with zero attached hydrogens (tertiary/aromatic N) is 1. The molecule has 1 aliphatic rings. The molecule has 0 aromatic rings. The number of piperidine rings is 1. The first kappa shape index (κ1) is 28.7. The summed E-state index contributed by atoms with van der Waals surface area (Å²) < 4.78 is 13.7. The lowest BCUT2D eigenvalue weighted by Crippen LogP contribution is -2.55. The lowest BCUT2D eigenvalue weighted by Gasteiger charge is -2.54. The fourth-order valence-electron chi connectivity index (χ4n) is 3.59. The van der Waals surface area contributed by atoms with Gasteiger partial charge in [0.1, 0.15) is 0 Å². The van der Waals surface area contributed by atoms with Gasteiger partial charge in [0.15, 0.2) is 0 Å². The SMILES string of the molecule is CC.CC.CCC.CCCCC1(CC)CCN(CC)CC1(C)CF. The van der Waals surface area contributed by atoms with E-state index in [1.165, 1.54) is 32.1 Å². The van der Waals surface area contributed by atoms with Crippen molar-refractivity contribution in [2.24, 2.45) is 10.8 Å². The fourth-order valence-corrected chi connectivity index (χ4v) is 3.59. The number of unbranched alkanes of at least 4 members (excludes halogenated alkanes) is 1. The van der Waals surface area contributed by atoms with Crippen molar-refractivity contribution in [1.82, 2.24) is 4.90 Å². The normalized spacial score (nSPS) is 26.1. The zero-order valence-electron chi connectivity index (χ0n) is 18.9. The monoisotopic (exact) mass is 347 g/mol. The highest BCUT2D eigenvalue weighted by atomic mass is 19.1. The molecule has 1 heterocycles. The van der Waals surface area contributed by atoms with Crippen LogP contribution < -0.4 is 0 Å². The van der Waals surface area contributed by atoms with Crippen LogP contribution in [0.3, 0.4) is 0 Å². The largest absolute Gasteiger partial charge is 0.303 e. The average molecular weight is 348 g/mol. The molecule has 1 rings (SSSR count). The highest BCUT2D eigenvalue weighted by molar-refractivity contribution is 5.00. The smallest absolute Gasteiger partial charge is 0.0965 e. The molecule has 1 aliphatic heterocycles. The van der Waals surface area contributed by atoms with E-state index in [-0.39, 0.29) is 17.5 Å². The Morgan fingerprint density at radius 2 is 1.46 bits per heavy atom. The molecular formula is C22H50FN. The molecule has 0 aliphatic carbocycles. The average Bonchev–Trinajstić information content (AvgIpc) is 2.65. The van der Waals surface area contributed by atoms with Crippen molar-refractivity contribution in [2.45, 2.75) is 108 Å². The van der Waals surface area contributed by atoms with Crippen molar-refractivity contribution in [3.8, 4) is 0 Å². The first-order chi connectivity index (χ1) is 11.5. The minimum atomic E-state index is -0.166. The van der Waals surface area contributed by atoms with Gasteiger partial charge in [-0.25, -0.2) is 0 Å². The third kappa shape index (κ3) is 8.83. The van der Waals surface area contributed by atoms with Gasteiger partial charge in [0, 0.05) is 12.0 Å². The summed E-state index contributed by atoms with van der Waals surface area (Å²) in [6.07, 6.45) is 7.23. The molecule has 150 valence electrons. The summed E-state index contributed by atoms with van der Waals surface area (Å²) >= 11 is 0. The van der Waals surface area contributed by atoms with Gasteiger partial charge >= 0.3 is 0 Å². The van der Waals surface area contributed by atoms with Crippen LogP contribution >= 0.6 is 0 Å². The van der Waals surface area contributed by atoms with Gasteiger partial charge in [0.25, 0.3) is 0 Å². The quantitative estimate of drug-likeness (QED) is 0.475. The number of hydrogen-bond donors (Lipinski definition) is 0. The number of hydrogen-bond acceptors (Lipinski definition) is 1. The maximum absolute atomic E-state index is 13.7. The van der Waals surface area contributed by atoms with Gasteiger partial charge in [0.05, 0.1) is 6.67 Å². The van der Waals surface area contributed by atoms with E-state index >= 15 is 0 Å². The Kier molecular flexibility index (Phi) is 21.2. The molecule has 0 radical (unpaired) electrons. The lowest BCUT2D eigenvalue weighted by molar-refractivity contribution is -0.0660. The number of likely N-dealkylation sites (tertiary alicyclic amines) is 1. The van der Waals surface area contributed by atoms with Crippen molar-refractivity contribution in [3.05, 3.63) is 0 Å². The second-order valence-corrected chi connectivity index (χ2v) is 6.76. The van der Waals surface area contributed by atoms with Crippen LogP contribution in [0.1, 0.15) is 108 Å². The van der Waals surface area contributed by atoms with Gasteiger partial charge in [-0.3, -0.25) is 4.39 Å². The Balaban J connectivity index is -0.000000549. The summed E-state index contributed by atoms with van der Waals surface area (Å²) in [4.78, 5) is 2.42. The molecule has 0 saturated carbocycles. The Labute approximate surface area is 154 Å². The van der Waals surface area contributed by atoms with Gasteiger partial charge in [-0.15, -0.1) is 0 Å². The number of halogens is 1. The zero-order chi connectivity index (χ0) is 19.6. The standard InChI is InChI=1S/C15H30FN.C3H8.2C2H6/c1-5-8-9-15(6-2)10-11-17(7-3)13-14(15,4)12-16;1-3-2;2*1-2/h5-13H2,1-4H3;3H2,1-2H3;2*1-2H3. The van der Waals surface area contributed by atoms with E-state index in [0.29, 0.717) is 0 Å². The van der Waals surface area contributed by atoms with Crippen LogP contribution in [0.5, 0.6) is 0 Å². The van der Waals surface area contributed by atoms with Gasteiger partial charge in [-0.2, -0.15) is 0 Å². The van der Waals surface area contributed by atoms with E-state index in [9.17, 15) is 4.39 Å². The minimum Gasteiger partial charge on any atom is -0.303 e. The molecule has 0 spiro atoms. The summed E-state index contributed by atoms with van der Waals surface area (Å²) in [6.45, 7) is 24.1. The van der Waals surface area contributed by atoms with Crippen molar-refractivity contribution in [3.63, 3.8) is 0 Å². The molecule has 1 saturated heterocycles. The van der Waals surface area contributed by atoms with E-state index in [1.54, 1.807) is 0 Å². The third-order valence-corrected chi connectivity index (χ3v) is 5.19.